The third kappa shape index (κ3) is 2.71. The van der Waals surface area contributed by atoms with Crippen LogP contribution in [0.2, 0.25) is 0 Å². The summed E-state index contributed by atoms with van der Waals surface area (Å²) in [7, 11) is 0. The molecule has 2 heterocycles. The number of nitrogens with zero attached hydrogens (tertiary/aromatic N) is 2. The molecule has 6 heteroatoms. The van der Waals surface area contributed by atoms with E-state index in [1.54, 1.807) is 11.3 Å². The van der Waals surface area contributed by atoms with Crippen LogP contribution >= 0.6 is 11.3 Å². The third-order valence-corrected chi connectivity index (χ3v) is 3.54. The van der Waals surface area contributed by atoms with Gasteiger partial charge in [0.05, 0.1) is 11.3 Å². The molecule has 0 fully saturated rings. The molecule has 1 N–H and O–H groups in total. The van der Waals surface area contributed by atoms with Gasteiger partial charge in [0.25, 0.3) is 5.89 Å². The molecule has 5 nitrogen and oxygen atoms in total. The molecule has 17 heavy (non-hydrogen) atoms. The van der Waals surface area contributed by atoms with Gasteiger partial charge in [0.2, 0.25) is 5.89 Å². The minimum Gasteiger partial charge on any atom is -0.481 e. The quantitative estimate of drug-likeness (QED) is 0.904. The Hall–Kier alpha value is -1.69. The molecule has 0 amide bonds. The second-order valence-electron chi connectivity index (χ2n) is 3.74. The van der Waals surface area contributed by atoms with E-state index in [1.165, 1.54) is 10.4 Å². The van der Waals surface area contributed by atoms with Crippen molar-refractivity contribution in [3.63, 3.8) is 0 Å². The number of carbonyl (C=O) groups is 1. The lowest BCUT2D eigenvalue weighted by atomic mass is 10.3. The Morgan fingerprint density at radius 2 is 2.24 bits per heavy atom. The van der Waals surface area contributed by atoms with Crippen molar-refractivity contribution in [2.24, 2.45) is 0 Å². The molecule has 2 rings (SSSR count). The van der Waals surface area contributed by atoms with Crippen molar-refractivity contribution in [3.05, 3.63) is 22.4 Å². The van der Waals surface area contributed by atoms with Crippen LogP contribution in [0.1, 0.15) is 22.8 Å². The zero-order valence-corrected chi connectivity index (χ0v) is 10.4. The van der Waals surface area contributed by atoms with Crippen LogP contribution in [-0.4, -0.2) is 21.3 Å². The van der Waals surface area contributed by atoms with E-state index in [0.717, 1.165) is 4.88 Å². The lowest BCUT2D eigenvalue weighted by Crippen LogP contribution is -1.97. The Morgan fingerprint density at radius 3 is 2.82 bits per heavy atom. The summed E-state index contributed by atoms with van der Waals surface area (Å²) in [6.45, 7) is 4.06. The summed E-state index contributed by atoms with van der Waals surface area (Å²) in [5, 5.41) is 16.3. The first kappa shape index (κ1) is 11.8. The normalized spacial score (nSPS) is 10.7. The van der Waals surface area contributed by atoms with Gasteiger partial charge < -0.3 is 9.52 Å². The maximum absolute atomic E-state index is 10.4. The van der Waals surface area contributed by atoms with Gasteiger partial charge in [-0.05, 0) is 25.5 Å². The Labute approximate surface area is 102 Å². The van der Waals surface area contributed by atoms with Crippen molar-refractivity contribution < 1.29 is 14.3 Å². The molecule has 0 unspecified atom stereocenters. The molecule has 0 spiro atoms. The molecule has 0 aliphatic rings. The highest BCUT2D eigenvalue weighted by Crippen LogP contribution is 2.29. The number of rotatable bonds is 4. The number of hydrogen-bond acceptors (Lipinski definition) is 5. The van der Waals surface area contributed by atoms with Crippen molar-refractivity contribution in [1.82, 2.24) is 10.2 Å². The molecule has 0 bridgehead atoms. The van der Waals surface area contributed by atoms with Crippen LogP contribution in [0.3, 0.4) is 0 Å². The Morgan fingerprint density at radius 1 is 1.47 bits per heavy atom. The van der Waals surface area contributed by atoms with Gasteiger partial charge in [-0.1, -0.05) is 0 Å². The Kier molecular flexibility index (Phi) is 3.23. The number of aromatic nitrogens is 2. The molecular weight excluding hydrogens is 240 g/mol. The standard InChI is InChI=1S/C11H12N2O3S/c1-6-5-8(17-7(6)2)11-13-12-9(16-11)3-4-10(14)15/h5H,3-4H2,1-2H3,(H,14,15). The molecule has 0 aliphatic carbocycles. The first-order chi connectivity index (χ1) is 8.06. The monoisotopic (exact) mass is 252 g/mol. The number of carboxylic acids is 1. The predicted molar refractivity (Wildman–Crippen MR) is 63.0 cm³/mol. The maximum Gasteiger partial charge on any atom is 0.303 e. The van der Waals surface area contributed by atoms with E-state index < -0.39 is 5.97 Å². The van der Waals surface area contributed by atoms with Gasteiger partial charge in [-0.2, -0.15) is 0 Å². The van der Waals surface area contributed by atoms with Gasteiger partial charge in [-0.15, -0.1) is 21.5 Å². The van der Waals surface area contributed by atoms with E-state index in [4.69, 9.17) is 9.52 Å². The molecule has 2 aromatic rings. The van der Waals surface area contributed by atoms with E-state index in [0.29, 0.717) is 11.8 Å². The lowest BCUT2D eigenvalue weighted by molar-refractivity contribution is -0.137. The van der Waals surface area contributed by atoms with E-state index in [9.17, 15) is 4.79 Å². The van der Waals surface area contributed by atoms with E-state index in [2.05, 4.69) is 10.2 Å². The van der Waals surface area contributed by atoms with Crippen molar-refractivity contribution in [2.45, 2.75) is 26.7 Å². The van der Waals surface area contributed by atoms with Crippen LogP contribution in [0.4, 0.5) is 0 Å². The number of aryl methyl sites for hydroxylation is 3. The summed E-state index contributed by atoms with van der Waals surface area (Å²) in [6.07, 6.45) is 0.274. The van der Waals surface area contributed by atoms with E-state index in [1.807, 2.05) is 19.9 Å². The molecule has 0 radical (unpaired) electrons. The minimum absolute atomic E-state index is 0.00410. The van der Waals surface area contributed by atoms with Crippen LogP contribution < -0.4 is 0 Å². The van der Waals surface area contributed by atoms with Gasteiger partial charge in [-0.3, -0.25) is 4.79 Å². The minimum atomic E-state index is -0.868. The first-order valence-electron chi connectivity index (χ1n) is 5.18. The van der Waals surface area contributed by atoms with Gasteiger partial charge in [0.1, 0.15) is 0 Å². The lowest BCUT2D eigenvalue weighted by Gasteiger charge is -1.89. The Bertz CT molecular complexity index is 525. The average molecular weight is 252 g/mol. The summed E-state index contributed by atoms with van der Waals surface area (Å²) in [4.78, 5) is 12.5. The van der Waals surface area contributed by atoms with E-state index >= 15 is 0 Å². The maximum atomic E-state index is 10.4. The number of hydrogen-bond donors (Lipinski definition) is 1. The third-order valence-electron chi connectivity index (χ3n) is 2.40. The highest BCUT2D eigenvalue weighted by molar-refractivity contribution is 7.15. The topological polar surface area (TPSA) is 76.2 Å². The molecular formula is C11H12N2O3S. The number of carboxylic acid groups (broad SMARTS) is 1. The van der Waals surface area contributed by atoms with Crippen molar-refractivity contribution in [1.29, 1.82) is 0 Å². The van der Waals surface area contributed by atoms with Gasteiger partial charge in [0.15, 0.2) is 0 Å². The smallest absolute Gasteiger partial charge is 0.303 e. The molecule has 0 atom stereocenters. The molecule has 0 saturated heterocycles. The van der Waals surface area contributed by atoms with Gasteiger partial charge in [0, 0.05) is 11.3 Å². The summed E-state index contributed by atoms with van der Waals surface area (Å²) in [5.41, 5.74) is 1.19. The van der Waals surface area contributed by atoms with Crippen LogP contribution in [0.25, 0.3) is 10.8 Å². The number of aliphatic carboxylic acids is 1. The second kappa shape index (κ2) is 4.67. The fourth-order valence-corrected chi connectivity index (χ4v) is 2.30. The largest absolute Gasteiger partial charge is 0.481 e. The van der Waals surface area contributed by atoms with Crippen LogP contribution in [0.5, 0.6) is 0 Å². The van der Waals surface area contributed by atoms with Crippen molar-refractivity contribution in [2.75, 3.05) is 0 Å². The van der Waals surface area contributed by atoms with Gasteiger partial charge >= 0.3 is 5.97 Å². The van der Waals surface area contributed by atoms with Crippen LogP contribution in [0.15, 0.2) is 10.5 Å². The zero-order chi connectivity index (χ0) is 12.4. The summed E-state index contributed by atoms with van der Waals surface area (Å²) in [5.74, 6) is -0.0368. The highest BCUT2D eigenvalue weighted by atomic mass is 32.1. The predicted octanol–water partition coefficient (Wildman–Crippen LogP) is 2.43. The van der Waals surface area contributed by atoms with E-state index in [-0.39, 0.29) is 12.8 Å². The summed E-state index contributed by atoms with van der Waals surface area (Å²) < 4.78 is 5.41. The fourth-order valence-electron chi connectivity index (χ4n) is 1.35. The Balaban J connectivity index is 2.15. The second-order valence-corrected chi connectivity index (χ2v) is 5.00. The van der Waals surface area contributed by atoms with Crippen molar-refractivity contribution >= 4 is 17.3 Å². The zero-order valence-electron chi connectivity index (χ0n) is 9.56. The molecule has 0 aliphatic heterocycles. The number of thiophene rings is 1. The SMILES string of the molecule is Cc1cc(-c2nnc(CCC(=O)O)o2)sc1C. The summed E-state index contributed by atoms with van der Waals surface area (Å²) in [6, 6.07) is 1.99. The molecule has 2 aromatic heterocycles. The first-order valence-corrected chi connectivity index (χ1v) is 5.99. The fraction of sp³-hybridized carbons (Fsp3) is 0.364. The summed E-state index contributed by atoms with van der Waals surface area (Å²) >= 11 is 1.59. The van der Waals surface area contributed by atoms with Gasteiger partial charge in [-0.25, -0.2) is 0 Å². The molecule has 0 saturated carbocycles. The average Bonchev–Trinajstić information content (AvgIpc) is 2.84. The highest BCUT2D eigenvalue weighted by Gasteiger charge is 2.12. The molecule has 90 valence electrons. The molecule has 0 aromatic carbocycles. The van der Waals surface area contributed by atoms with Crippen LogP contribution in [0, 0.1) is 13.8 Å². The van der Waals surface area contributed by atoms with Crippen LogP contribution in [-0.2, 0) is 11.2 Å². The van der Waals surface area contributed by atoms with Crippen molar-refractivity contribution in [3.8, 4) is 10.8 Å².